The highest BCUT2D eigenvalue weighted by atomic mass is 19.1. The predicted octanol–water partition coefficient (Wildman–Crippen LogP) is 4.69. The van der Waals surface area contributed by atoms with Gasteiger partial charge in [-0.25, -0.2) is 8.78 Å². The van der Waals surface area contributed by atoms with E-state index in [-0.39, 0.29) is 0 Å². The van der Waals surface area contributed by atoms with Crippen molar-refractivity contribution in [3.63, 3.8) is 0 Å². The van der Waals surface area contributed by atoms with Crippen LogP contribution in [0.3, 0.4) is 0 Å². The van der Waals surface area contributed by atoms with Gasteiger partial charge in [0.2, 0.25) is 0 Å². The van der Waals surface area contributed by atoms with Gasteiger partial charge in [-0.1, -0.05) is 38.1 Å². The lowest BCUT2D eigenvalue weighted by molar-refractivity contribution is 0.415. The number of benzene rings is 2. The van der Waals surface area contributed by atoms with Gasteiger partial charge in [0.25, 0.3) is 0 Å². The van der Waals surface area contributed by atoms with Gasteiger partial charge in [-0.2, -0.15) is 0 Å². The van der Waals surface area contributed by atoms with Crippen molar-refractivity contribution in [2.24, 2.45) is 0 Å². The molecule has 0 aliphatic heterocycles. The highest BCUT2D eigenvalue weighted by Gasteiger charge is 1.88. The summed E-state index contributed by atoms with van der Waals surface area (Å²) in [4.78, 5) is 0. The largest absolute Gasteiger partial charge is 0.497 e. The van der Waals surface area contributed by atoms with Gasteiger partial charge in [0.1, 0.15) is 17.4 Å². The standard InChI is InChI=1S/C7H8O.C6H4F2.C2H6/c1-8-7-5-3-2-4-6-7;7-5-2-1-3-6(8)4-5;1-2/h2-6H,1H3;1-4H;1-2H3. The molecule has 0 radical (unpaired) electrons. The maximum Gasteiger partial charge on any atom is 0.126 e. The van der Waals surface area contributed by atoms with E-state index < -0.39 is 11.6 Å². The van der Waals surface area contributed by atoms with Crippen LogP contribution in [0.15, 0.2) is 54.6 Å². The lowest BCUT2D eigenvalue weighted by atomic mass is 10.3. The number of para-hydroxylation sites is 1. The van der Waals surface area contributed by atoms with Crippen LogP contribution in [0.5, 0.6) is 5.75 Å². The summed E-state index contributed by atoms with van der Waals surface area (Å²) in [7, 11) is 1.66. The first-order chi connectivity index (χ1) is 8.72. The third-order valence-electron chi connectivity index (χ3n) is 1.77. The van der Waals surface area contributed by atoms with E-state index in [9.17, 15) is 8.78 Å². The molecule has 0 saturated heterocycles. The average molecular weight is 252 g/mol. The lowest BCUT2D eigenvalue weighted by Crippen LogP contribution is -1.78. The molecule has 2 rings (SSSR count). The van der Waals surface area contributed by atoms with Crippen LogP contribution in [0.25, 0.3) is 0 Å². The second-order valence-corrected chi connectivity index (χ2v) is 2.96. The molecule has 0 saturated carbocycles. The molecule has 0 aromatic heterocycles. The molecule has 1 nitrogen and oxygen atoms in total. The zero-order valence-electron chi connectivity index (χ0n) is 10.9. The van der Waals surface area contributed by atoms with Crippen LogP contribution in [0.1, 0.15) is 13.8 Å². The van der Waals surface area contributed by atoms with Gasteiger partial charge in [0.15, 0.2) is 0 Å². The van der Waals surface area contributed by atoms with Gasteiger partial charge in [-0.05, 0) is 24.3 Å². The van der Waals surface area contributed by atoms with E-state index in [4.69, 9.17) is 4.74 Å². The molecule has 98 valence electrons. The Labute approximate surface area is 107 Å². The van der Waals surface area contributed by atoms with E-state index in [1.54, 1.807) is 7.11 Å². The number of hydrogen-bond donors (Lipinski definition) is 0. The topological polar surface area (TPSA) is 9.23 Å². The average Bonchev–Trinajstić information content (AvgIpc) is 2.42. The van der Waals surface area contributed by atoms with Gasteiger partial charge in [-0.3, -0.25) is 0 Å². The fourth-order valence-corrected chi connectivity index (χ4v) is 1.02. The Morgan fingerprint density at radius 1 is 0.778 bits per heavy atom. The van der Waals surface area contributed by atoms with Crippen LogP contribution in [0.2, 0.25) is 0 Å². The van der Waals surface area contributed by atoms with E-state index in [0.29, 0.717) is 0 Å². The summed E-state index contributed by atoms with van der Waals surface area (Å²) >= 11 is 0. The zero-order chi connectivity index (χ0) is 13.8. The normalized spacial score (nSPS) is 8.28. The number of hydrogen-bond acceptors (Lipinski definition) is 1. The Bertz CT molecular complexity index is 399. The lowest BCUT2D eigenvalue weighted by Gasteiger charge is -1.93. The summed E-state index contributed by atoms with van der Waals surface area (Å²) in [5, 5.41) is 0. The highest BCUT2D eigenvalue weighted by Crippen LogP contribution is 2.05. The van der Waals surface area contributed by atoms with E-state index in [1.165, 1.54) is 18.2 Å². The first-order valence-electron chi connectivity index (χ1n) is 5.72. The molecule has 0 bridgehead atoms. The molecule has 18 heavy (non-hydrogen) atoms. The molecule has 0 spiro atoms. The SMILES string of the molecule is CC.COc1ccccc1.Fc1cccc(F)c1. The van der Waals surface area contributed by atoms with Crippen LogP contribution in [0, 0.1) is 11.6 Å². The summed E-state index contributed by atoms with van der Waals surface area (Å²) in [5.74, 6) is -0.164. The van der Waals surface area contributed by atoms with Crippen LogP contribution in [-0.2, 0) is 0 Å². The number of halogens is 2. The van der Waals surface area contributed by atoms with Gasteiger partial charge in [0.05, 0.1) is 7.11 Å². The maximum atomic E-state index is 11.9. The molecule has 0 aliphatic carbocycles. The molecule has 0 fully saturated rings. The van der Waals surface area contributed by atoms with Crippen LogP contribution < -0.4 is 4.74 Å². The first-order valence-corrected chi connectivity index (χ1v) is 5.72. The van der Waals surface area contributed by atoms with Crippen LogP contribution in [0.4, 0.5) is 8.78 Å². The minimum absolute atomic E-state index is 0.537. The summed E-state index contributed by atoms with van der Waals surface area (Å²) < 4.78 is 28.8. The van der Waals surface area contributed by atoms with E-state index in [1.807, 2.05) is 44.2 Å². The Hall–Kier alpha value is -1.90. The minimum Gasteiger partial charge on any atom is -0.497 e. The maximum absolute atomic E-state index is 11.9. The summed E-state index contributed by atoms with van der Waals surface area (Å²) in [6, 6.07) is 14.2. The van der Waals surface area contributed by atoms with E-state index in [2.05, 4.69) is 0 Å². The minimum atomic E-state index is -0.537. The smallest absolute Gasteiger partial charge is 0.126 e. The van der Waals surface area contributed by atoms with Gasteiger partial charge in [-0.15, -0.1) is 0 Å². The third kappa shape index (κ3) is 7.39. The molecule has 0 amide bonds. The van der Waals surface area contributed by atoms with Gasteiger partial charge >= 0.3 is 0 Å². The van der Waals surface area contributed by atoms with Crippen molar-refractivity contribution >= 4 is 0 Å². The van der Waals surface area contributed by atoms with Crippen LogP contribution in [-0.4, -0.2) is 7.11 Å². The van der Waals surface area contributed by atoms with Crippen molar-refractivity contribution in [1.82, 2.24) is 0 Å². The van der Waals surface area contributed by atoms with Crippen molar-refractivity contribution < 1.29 is 13.5 Å². The van der Waals surface area contributed by atoms with Crippen LogP contribution >= 0.6 is 0 Å². The van der Waals surface area contributed by atoms with E-state index >= 15 is 0 Å². The van der Waals surface area contributed by atoms with Gasteiger partial charge < -0.3 is 4.74 Å². The third-order valence-corrected chi connectivity index (χ3v) is 1.77. The Morgan fingerprint density at radius 2 is 1.28 bits per heavy atom. The molecule has 2 aromatic carbocycles. The first kappa shape index (κ1) is 16.1. The molecule has 0 N–H and O–H groups in total. The monoisotopic (exact) mass is 252 g/mol. The fourth-order valence-electron chi connectivity index (χ4n) is 1.02. The number of rotatable bonds is 1. The molecule has 0 unspecified atom stereocenters. The zero-order valence-corrected chi connectivity index (χ0v) is 10.9. The van der Waals surface area contributed by atoms with Crippen molar-refractivity contribution in [1.29, 1.82) is 0 Å². The second kappa shape index (κ2) is 10.3. The molecular formula is C15H18F2O. The van der Waals surface area contributed by atoms with Gasteiger partial charge in [0, 0.05) is 6.07 Å². The quantitative estimate of drug-likeness (QED) is 0.715. The fraction of sp³-hybridized carbons (Fsp3) is 0.200. The number of methoxy groups -OCH3 is 1. The number of ether oxygens (including phenoxy) is 1. The summed E-state index contributed by atoms with van der Waals surface area (Å²) in [5.41, 5.74) is 0. The Morgan fingerprint density at radius 3 is 1.56 bits per heavy atom. The summed E-state index contributed by atoms with van der Waals surface area (Å²) in [6.45, 7) is 4.00. The van der Waals surface area contributed by atoms with E-state index in [0.717, 1.165) is 11.8 Å². The Kier molecular flexibility index (Phi) is 9.18. The second-order valence-electron chi connectivity index (χ2n) is 2.96. The predicted molar refractivity (Wildman–Crippen MR) is 70.7 cm³/mol. The highest BCUT2D eigenvalue weighted by molar-refractivity contribution is 5.20. The molecule has 0 heterocycles. The van der Waals surface area contributed by atoms with Crippen molar-refractivity contribution in [2.45, 2.75) is 13.8 Å². The molecule has 0 atom stereocenters. The molecule has 3 heteroatoms. The molecule has 2 aromatic rings. The van der Waals surface area contributed by atoms with Crippen molar-refractivity contribution in [3.05, 3.63) is 66.2 Å². The summed E-state index contributed by atoms with van der Waals surface area (Å²) in [6.07, 6.45) is 0. The molecule has 0 aliphatic rings. The molecular weight excluding hydrogens is 234 g/mol. The Balaban J connectivity index is 0.000000283. The van der Waals surface area contributed by atoms with Crippen molar-refractivity contribution in [3.8, 4) is 5.75 Å². The van der Waals surface area contributed by atoms with Crippen molar-refractivity contribution in [2.75, 3.05) is 7.11 Å².